The largest absolute Gasteiger partial charge is 0.361 e. The number of hydrogen-bond acceptors (Lipinski definition) is 3. The summed E-state index contributed by atoms with van der Waals surface area (Å²) >= 11 is 1.56. The molecule has 0 bridgehead atoms. The third-order valence-corrected chi connectivity index (χ3v) is 5.61. The molecule has 1 aromatic heterocycles. The topological polar surface area (TPSA) is 74.0 Å². The molecule has 1 heterocycles. The van der Waals surface area contributed by atoms with Gasteiger partial charge >= 0.3 is 0 Å². The van der Waals surface area contributed by atoms with E-state index < -0.39 is 6.04 Å². The van der Waals surface area contributed by atoms with E-state index in [4.69, 9.17) is 0 Å². The Hall–Kier alpha value is -2.73. The van der Waals surface area contributed by atoms with E-state index in [2.05, 4.69) is 21.7 Å². The Morgan fingerprint density at radius 3 is 2.61 bits per heavy atom. The maximum Gasteiger partial charge on any atom is 0.243 e. The standard InChI is InChI=1S/C22H25N3O2S/c1-15-7-9-18(10-8-15)28-14-21(25-16(2)26)22(27)23-12-11-17-13-24-20-6-4-3-5-19(17)20/h3-10,13,21,24H,11-12,14H2,1-2H3,(H,23,27)(H,25,26). The zero-order valence-electron chi connectivity index (χ0n) is 16.1. The molecule has 0 spiro atoms. The number of amides is 2. The monoisotopic (exact) mass is 395 g/mol. The van der Waals surface area contributed by atoms with Crippen molar-refractivity contribution < 1.29 is 9.59 Å². The zero-order chi connectivity index (χ0) is 19.9. The molecule has 2 amide bonds. The van der Waals surface area contributed by atoms with E-state index >= 15 is 0 Å². The van der Waals surface area contributed by atoms with E-state index in [9.17, 15) is 9.59 Å². The van der Waals surface area contributed by atoms with Gasteiger partial charge in [-0.25, -0.2) is 0 Å². The number of aromatic amines is 1. The molecule has 3 aromatic rings. The van der Waals surface area contributed by atoms with Crippen LogP contribution in [-0.4, -0.2) is 35.1 Å². The quantitative estimate of drug-likeness (QED) is 0.512. The van der Waals surface area contributed by atoms with Crippen LogP contribution < -0.4 is 10.6 Å². The summed E-state index contributed by atoms with van der Waals surface area (Å²) in [5, 5.41) is 6.88. The summed E-state index contributed by atoms with van der Waals surface area (Å²) in [4.78, 5) is 28.4. The molecule has 2 aromatic carbocycles. The molecule has 0 fully saturated rings. The van der Waals surface area contributed by atoms with Crippen LogP contribution >= 0.6 is 11.8 Å². The molecule has 6 heteroatoms. The van der Waals surface area contributed by atoms with Crippen LogP contribution in [0, 0.1) is 6.92 Å². The van der Waals surface area contributed by atoms with E-state index in [-0.39, 0.29) is 11.8 Å². The van der Waals surface area contributed by atoms with Gasteiger partial charge in [-0.15, -0.1) is 11.8 Å². The van der Waals surface area contributed by atoms with Crippen molar-refractivity contribution in [3.05, 3.63) is 65.9 Å². The Morgan fingerprint density at radius 2 is 1.86 bits per heavy atom. The average molecular weight is 396 g/mol. The van der Waals surface area contributed by atoms with Gasteiger partial charge in [-0.2, -0.15) is 0 Å². The lowest BCUT2D eigenvalue weighted by atomic mass is 10.1. The number of carbonyl (C=O) groups excluding carboxylic acids is 2. The molecule has 0 aliphatic rings. The summed E-state index contributed by atoms with van der Waals surface area (Å²) in [5.74, 6) is 0.123. The maximum atomic E-state index is 12.6. The van der Waals surface area contributed by atoms with Crippen LogP contribution in [0.3, 0.4) is 0 Å². The number of para-hydroxylation sites is 1. The summed E-state index contributed by atoms with van der Waals surface area (Å²) in [7, 11) is 0. The average Bonchev–Trinajstić information content (AvgIpc) is 3.09. The van der Waals surface area contributed by atoms with Gasteiger partial charge in [-0.3, -0.25) is 9.59 Å². The van der Waals surface area contributed by atoms with E-state index in [1.807, 2.05) is 55.6 Å². The number of aromatic nitrogens is 1. The van der Waals surface area contributed by atoms with Crippen molar-refractivity contribution in [2.75, 3.05) is 12.3 Å². The number of benzene rings is 2. The van der Waals surface area contributed by atoms with Crippen LogP contribution in [-0.2, 0) is 16.0 Å². The number of fused-ring (bicyclic) bond motifs is 1. The van der Waals surface area contributed by atoms with Crippen molar-refractivity contribution in [2.24, 2.45) is 0 Å². The Morgan fingerprint density at radius 1 is 1.11 bits per heavy atom. The van der Waals surface area contributed by atoms with Gasteiger partial charge in [0.05, 0.1) is 0 Å². The number of nitrogens with one attached hydrogen (secondary N) is 3. The predicted molar refractivity (Wildman–Crippen MR) is 115 cm³/mol. The highest BCUT2D eigenvalue weighted by Gasteiger charge is 2.19. The Labute approximate surface area is 169 Å². The van der Waals surface area contributed by atoms with E-state index in [1.165, 1.54) is 23.4 Å². The number of H-pyrrole nitrogens is 1. The molecule has 0 saturated heterocycles. The van der Waals surface area contributed by atoms with Gasteiger partial charge in [0, 0.05) is 41.2 Å². The minimum atomic E-state index is -0.563. The number of hydrogen-bond donors (Lipinski definition) is 3. The van der Waals surface area contributed by atoms with Crippen molar-refractivity contribution in [3.63, 3.8) is 0 Å². The number of thioether (sulfide) groups is 1. The lowest BCUT2D eigenvalue weighted by molar-refractivity contribution is -0.127. The first-order chi connectivity index (χ1) is 13.5. The minimum absolute atomic E-state index is 0.158. The Balaban J connectivity index is 1.54. The molecule has 146 valence electrons. The van der Waals surface area contributed by atoms with E-state index in [1.54, 1.807) is 11.8 Å². The molecule has 28 heavy (non-hydrogen) atoms. The zero-order valence-corrected chi connectivity index (χ0v) is 16.9. The summed E-state index contributed by atoms with van der Waals surface area (Å²) in [6, 6.07) is 15.7. The molecule has 3 rings (SSSR count). The van der Waals surface area contributed by atoms with Gasteiger partial charge < -0.3 is 15.6 Å². The molecule has 0 saturated carbocycles. The van der Waals surface area contributed by atoms with E-state index in [0.29, 0.717) is 12.3 Å². The summed E-state index contributed by atoms with van der Waals surface area (Å²) < 4.78 is 0. The van der Waals surface area contributed by atoms with Crippen LogP contribution in [0.25, 0.3) is 10.9 Å². The lowest BCUT2D eigenvalue weighted by Crippen LogP contribution is -2.48. The van der Waals surface area contributed by atoms with Gasteiger partial charge in [0.2, 0.25) is 11.8 Å². The first-order valence-electron chi connectivity index (χ1n) is 9.32. The van der Waals surface area contributed by atoms with Crippen molar-refractivity contribution in [2.45, 2.75) is 31.2 Å². The number of aryl methyl sites for hydroxylation is 1. The summed E-state index contributed by atoms with van der Waals surface area (Å²) in [6.45, 7) is 3.99. The van der Waals surface area contributed by atoms with Gasteiger partial charge in [0.15, 0.2) is 0 Å². The van der Waals surface area contributed by atoms with Crippen LogP contribution in [0.5, 0.6) is 0 Å². The highest BCUT2D eigenvalue weighted by atomic mass is 32.2. The minimum Gasteiger partial charge on any atom is -0.361 e. The number of rotatable bonds is 8. The second-order valence-corrected chi connectivity index (χ2v) is 7.87. The van der Waals surface area contributed by atoms with Gasteiger partial charge in [0.1, 0.15) is 6.04 Å². The molecular weight excluding hydrogens is 370 g/mol. The molecule has 5 nitrogen and oxygen atoms in total. The molecular formula is C22H25N3O2S. The van der Waals surface area contributed by atoms with Crippen LogP contribution in [0.15, 0.2) is 59.6 Å². The second kappa shape index (κ2) is 9.46. The van der Waals surface area contributed by atoms with Gasteiger partial charge in [0.25, 0.3) is 0 Å². The Kier molecular flexibility index (Phi) is 6.76. The van der Waals surface area contributed by atoms with Crippen LogP contribution in [0.2, 0.25) is 0 Å². The molecule has 1 unspecified atom stereocenters. The van der Waals surface area contributed by atoms with Crippen molar-refractivity contribution >= 4 is 34.5 Å². The van der Waals surface area contributed by atoms with Gasteiger partial charge in [-0.05, 0) is 37.1 Å². The second-order valence-electron chi connectivity index (χ2n) is 6.78. The van der Waals surface area contributed by atoms with Crippen molar-refractivity contribution in [1.82, 2.24) is 15.6 Å². The summed E-state index contributed by atoms with van der Waals surface area (Å²) in [6.07, 6.45) is 2.71. The SMILES string of the molecule is CC(=O)NC(CSc1ccc(C)cc1)C(=O)NCCc1c[nH]c2ccccc12. The predicted octanol–water partition coefficient (Wildman–Crippen LogP) is 3.43. The van der Waals surface area contributed by atoms with Crippen LogP contribution in [0.4, 0.5) is 0 Å². The molecule has 0 aliphatic heterocycles. The Bertz CT molecular complexity index is 950. The number of carbonyl (C=O) groups is 2. The highest BCUT2D eigenvalue weighted by Crippen LogP contribution is 2.20. The van der Waals surface area contributed by atoms with E-state index in [0.717, 1.165) is 16.8 Å². The maximum absolute atomic E-state index is 12.6. The van der Waals surface area contributed by atoms with Crippen molar-refractivity contribution in [1.29, 1.82) is 0 Å². The molecule has 3 N–H and O–H groups in total. The lowest BCUT2D eigenvalue weighted by Gasteiger charge is -2.17. The fourth-order valence-electron chi connectivity index (χ4n) is 3.02. The van der Waals surface area contributed by atoms with Crippen LogP contribution in [0.1, 0.15) is 18.1 Å². The highest BCUT2D eigenvalue weighted by molar-refractivity contribution is 7.99. The molecule has 0 aliphatic carbocycles. The third-order valence-electron chi connectivity index (χ3n) is 4.50. The first-order valence-corrected chi connectivity index (χ1v) is 10.3. The van der Waals surface area contributed by atoms with Crippen molar-refractivity contribution in [3.8, 4) is 0 Å². The normalized spacial score (nSPS) is 11.9. The summed E-state index contributed by atoms with van der Waals surface area (Å²) in [5.41, 5.74) is 3.45. The molecule has 1 atom stereocenters. The molecule has 0 radical (unpaired) electrons. The fraction of sp³-hybridized carbons (Fsp3) is 0.273. The fourth-order valence-corrected chi connectivity index (χ4v) is 3.95. The van der Waals surface area contributed by atoms with Gasteiger partial charge in [-0.1, -0.05) is 35.9 Å². The third kappa shape index (κ3) is 5.39. The smallest absolute Gasteiger partial charge is 0.243 e. The first kappa shape index (κ1) is 20.0.